The molecule has 168 valence electrons. The van der Waals surface area contributed by atoms with Crippen molar-refractivity contribution >= 4 is 29.6 Å². The van der Waals surface area contributed by atoms with E-state index in [0.717, 1.165) is 38.6 Å². The third kappa shape index (κ3) is 3.93. The van der Waals surface area contributed by atoms with Gasteiger partial charge in [0.2, 0.25) is 0 Å². The summed E-state index contributed by atoms with van der Waals surface area (Å²) in [5.74, 6) is 0. The molecule has 1 aromatic heterocycles. The Bertz CT molecular complexity index is 1310. The topological polar surface area (TPSA) is 15.3 Å². The van der Waals surface area contributed by atoms with Gasteiger partial charge < -0.3 is 10.2 Å². The first kappa shape index (κ1) is 20.8. The number of hydrogen-bond acceptors (Lipinski definition) is 3. The number of aryl methyl sites for hydroxylation is 1. The van der Waals surface area contributed by atoms with Gasteiger partial charge in [-0.15, -0.1) is 11.3 Å². The molecular weight excluding hydrogens is 420 g/mol. The Balaban J connectivity index is 1.39. The predicted octanol–water partition coefficient (Wildman–Crippen LogP) is 5.61. The molecule has 5 aliphatic rings. The van der Waals surface area contributed by atoms with Gasteiger partial charge in [-0.1, -0.05) is 48.6 Å². The lowest BCUT2D eigenvalue weighted by Gasteiger charge is -2.40. The van der Waals surface area contributed by atoms with Gasteiger partial charge in [-0.3, -0.25) is 0 Å². The van der Waals surface area contributed by atoms with E-state index in [9.17, 15) is 0 Å². The van der Waals surface area contributed by atoms with Gasteiger partial charge in [0.05, 0.1) is 6.04 Å². The highest BCUT2D eigenvalue weighted by molar-refractivity contribution is 7.10. The highest BCUT2D eigenvalue weighted by atomic mass is 32.1. The summed E-state index contributed by atoms with van der Waals surface area (Å²) in [5, 5.41) is 5.38. The van der Waals surface area contributed by atoms with Crippen LogP contribution < -0.4 is 15.1 Å². The summed E-state index contributed by atoms with van der Waals surface area (Å²) in [5.41, 5.74) is 8.39. The summed E-state index contributed by atoms with van der Waals surface area (Å²) < 4.78 is 1.49. The van der Waals surface area contributed by atoms with Crippen LogP contribution in [-0.4, -0.2) is 17.5 Å². The summed E-state index contributed by atoms with van der Waals surface area (Å²) in [6, 6.07) is 0.382. The van der Waals surface area contributed by atoms with E-state index in [4.69, 9.17) is 0 Å². The van der Waals surface area contributed by atoms with E-state index in [-0.39, 0.29) is 0 Å². The average molecular weight is 453 g/mol. The maximum Gasteiger partial charge on any atom is 0.0600 e. The van der Waals surface area contributed by atoms with Crippen molar-refractivity contribution in [1.29, 1.82) is 0 Å². The molecule has 0 saturated carbocycles. The average Bonchev–Trinajstić information content (AvgIpc) is 3.21. The van der Waals surface area contributed by atoms with Crippen molar-refractivity contribution in [2.45, 2.75) is 57.9 Å². The number of fused-ring (bicyclic) bond motifs is 4. The first-order chi connectivity index (χ1) is 16.3. The third-order valence-electron chi connectivity index (χ3n) is 7.38. The zero-order valence-electron chi connectivity index (χ0n) is 19.4. The maximum atomic E-state index is 3.91. The Kier molecular flexibility index (Phi) is 5.59. The first-order valence-corrected chi connectivity index (χ1v) is 13.3. The predicted molar refractivity (Wildman–Crippen MR) is 142 cm³/mol. The molecule has 0 spiro atoms. The maximum absolute atomic E-state index is 3.91. The number of hydrogen-bond donors (Lipinski definition) is 1. The van der Waals surface area contributed by atoms with Crippen LogP contribution in [0.3, 0.4) is 0 Å². The minimum atomic E-state index is 0.382. The second kappa shape index (κ2) is 8.87. The van der Waals surface area contributed by atoms with Crippen LogP contribution in [0, 0.1) is 0 Å². The van der Waals surface area contributed by atoms with E-state index in [1.54, 1.807) is 4.88 Å². The Morgan fingerprint density at radius 1 is 0.970 bits per heavy atom. The number of nitrogens with zero attached hydrogens (tertiary/aromatic N) is 1. The molecule has 1 aromatic rings. The Morgan fingerprint density at radius 2 is 1.88 bits per heavy atom. The molecule has 2 nitrogen and oxygen atoms in total. The molecule has 0 fully saturated rings. The van der Waals surface area contributed by atoms with E-state index < -0.39 is 0 Å². The lowest BCUT2D eigenvalue weighted by Crippen LogP contribution is -2.39. The molecule has 0 radical (unpaired) electrons. The first-order valence-electron chi connectivity index (χ1n) is 12.4. The molecule has 0 amide bonds. The van der Waals surface area contributed by atoms with Crippen molar-refractivity contribution in [1.82, 2.24) is 10.2 Å². The summed E-state index contributed by atoms with van der Waals surface area (Å²) in [6.45, 7) is 3.25. The van der Waals surface area contributed by atoms with Crippen LogP contribution >= 0.6 is 11.3 Å². The third-order valence-corrected chi connectivity index (χ3v) is 8.66. The normalized spacial score (nSPS) is 26.3. The van der Waals surface area contributed by atoms with E-state index >= 15 is 0 Å². The summed E-state index contributed by atoms with van der Waals surface area (Å²) in [7, 11) is 0. The lowest BCUT2D eigenvalue weighted by molar-refractivity contribution is 0.296. The molecule has 1 unspecified atom stereocenters. The number of allylic oxidation sites excluding steroid dienone is 8. The van der Waals surface area contributed by atoms with Crippen molar-refractivity contribution in [3.05, 3.63) is 97.0 Å². The van der Waals surface area contributed by atoms with Gasteiger partial charge in [-0.2, -0.15) is 0 Å². The van der Waals surface area contributed by atoms with Crippen molar-refractivity contribution in [3.63, 3.8) is 0 Å². The fourth-order valence-corrected chi connectivity index (χ4v) is 7.01. The molecule has 6 rings (SSSR count). The molecular formula is C30H32N2S. The number of nitrogens with one attached hydrogen (secondary N) is 1. The second-order valence-electron chi connectivity index (χ2n) is 9.53. The smallest absolute Gasteiger partial charge is 0.0600 e. The molecule has 3 heteroatoms. The number of thiophene rings is 1. The molecule has 33 heavy (non-hydrogen) atoms. The van der Waals surface area contributed by atoms with Gasteiger partial charge in [0, 0.05) is 38.6 Å². The largest absolute Gasteiger partial charge is 0.364 e. The summed E-state index contributed by atoms with van der Waals surface area (Å²) in [4.78, 5) is 4.19. The Hall–Kier alpha value is -2.78. The Morgan fingerprint density at radius 3 is 2.79 bits per heavy atom. The van der Waals surface area contributed by atoms with Crippen LogP contribution in [0.4, 0.5) is 0 Å². The quantitative estimate of drug-likeness (QED) is 0.641. The zero-order chi connectivity index (χ0) is 22.2. The van der Waals surface area contributed by atoms with Crippen LogP contribution in [0.1, 0.15) is 55.9 Å². The van der Waals surface area contributed by atoms with Crippen LogP contribution in [-0.2, 0) is 6.42 Å². The monoisotopic (exact) mass is 452 g/mol. The van der Waals surface area contributed by atoms with Gasteiger partial charge >= 0.3 is 0 Å². The molecule has 1 atom stereocenters. The van der Waals surface area contributed by atoms with E-state index in [2.05, 4.69) is 84.0 Å². The van der Waals surface area contributed by atoms with Crippen molar-refractivity contribution in [2.75, 3.05) is 6.54 Å². The Labute approximate surface area is 201 Å². The molecule has 0 saturated heterocycles. The molecule has 4 aliphatic carbocycles. The van der Waals surface area contributed by atoms with Crippen LogP contribution in [0.5, 0.6) is 0 Å². The zero-order valence-corrected chi connectivity index (χ0v) is 20.3. The molecule has 0 bridgehead atoms. The highest BCUT2D eigenvalue weighted by Gasteiger charge is 2.29. The molecule has 0 aromatic carbocycles. The molecule has 2 heterocycles. The molecule has 1 aliphatic heterocycles. The number of rotatable bonds is 3. The summed E-state index contributed by atoms with van der Waals surface area (Å²) >= 11 is 2.01. The van der Waals surface area contributed by atoms with Gasteiger partial charge in [-0.05, 0) is 86.5 Å². The summed E-state index contributed by atoms with van der Waals surface area (Å²) in [6.07, 6.45) is 33.6. The van der Waals surface area contributed by atoms with E-state index in [0.29, 0.717) is 6.04 Å². The van der Waals surface area contributed by atoms with Crippen LogP contribution in [0.25, 0.3) is 18.2 Å². The SMILES string of the molecule is C/C1=C\C=C/CN(C2=CC=CCC2)C2CC=CC(NC3=Cc4c(sc5c4=CCCC=5)CC3)=C12. The minimum absolute atomic E-state index is 0.382. The van der Waals surface area contributed by atoms with Gasteiger partial charge in [0.1, 0.15) is 0 Å². The van der Waals surface area contributed by atoms with Gasteiger partial charge in [-0.25, -0.2) is 0 Å². The van der Waals surface area contributed by atoms with E-state index in [1.807, 2.05) is 11.3 Å². The van der Waals surface area contributed by atoms with Gasteiger partial charge in [0.15, 0.2) is 0 Å². The fourth-order valence-electron chi connectivity index (χ4n) is 5.76. The van der Waals surface area contributed by atoms with Crippen LogP contribution in [0.2, 0.25) is 0 Å². The van der Waals surface area contributed by atoms with Crippen molar-refractivity contribution in [2.24, 2.45) is 0 Å². The molecule has 1 N–H and O–H groups in total. The standard InChI is InChI=1S/C30H32N2S/c1-21-10-7-8-19-32(23-11-3-2-4-12-23)27-15-9-14-26(30(21)27)31-22-17-18-29-25(20-22)24-13-5-6-16-28(24)33-29/h2-3,7-11,13-14,16,20,27,31H,4-6,12,15,17-19H2,1H3/b8-7-,21-10+. The highest BCUT2D eigenvalue weighted by Crippen LogP contribution is 2.34. The lowest BCUT2D eigenvalue weighted by atomic mass is 9.87. The van der Waals surface area contributed by atoms with Gasteiger partial charge in [0.25, 0.3) is 0 Å². The van der Waals surface area contributed by atoms with Crippen molar-refractivity contribution < 1.29 is 0 Å². The van der Waals surface area contributed by atoms with Crippen molar-refractivity contribution in [3.8, 4) is 0 Å². The fraction of sp³-hybridized carbons (Fsp3) is 0.333. The second-order valence-corrected chi connectivity index (χ2v) is 10.7. The van der Waals surface area contributed by atoms with Crippen LogP contribution in [0.15, 0.2) is 76.8 Å². The minimum Gasteiger partial charge on any atom is -0.364 e. The van der Waals surface area contributed by atoms with E-state index in [1.165, 1.54) is 56.4 Å².